The quantitative estimate of drug-likeness (QED) is 0.719. The van der Waals surface area contributed by atoms with E-state index in [2.05, 4.69) is 5.32 Å². The number of aromatic hydroxyl groups is 1. The van der Waals surface area contributed by atoms with Crippen LogP contribution in [0.1, 0.15) is 50.1 Å². The molecule has 1 fully saturated rings. The lowest BCUT2D eigenvalue weighted by atomic mass is 10.0. The highest BCUT2D eigenvalue weighted by Crippen LogP contribution is 2.22. The number of hydrogen-bond acceptors (Lipinski definition) is 3. The number of phenols is 1. The van der Waals surface area contributed by atoms with Crippen LogP contribution in [-0.2, 0) is 0 Å². The first kappa shape index (κ1) is 13.4. The zero-order valence-corrected chi connectivity index (χ0v) is 10.8. The third-order valence-electron chi connectivity index (χ3n) is 3.75. The Bertz CT molecular complexity index is 359. The molecule has 3 heteroatoms. The molecule has 0 bridgehead atoms. The number of aliphatic hydroxyl groups excluding tert-OH is 1. The predicted molar refractivity (Wildman–Crippen MR) is 72.6 cm³/mol. The fourth-order valence-corrected chi connectivity index (χ4v) is 2.73. The van der Waals surface area contributed by atoms with Crippen LogP contribution in [0.15, 0.2) is 24.3 Å². The van der Waals surface area contributed by atoms with Crippen molar-refractivity contribution in [3.05, 3.63) is 29.8 Å². The fourth-order valence-electron chi connectivity index (χ4n) is 2.73. The topological polar surface area (TPSA) is 52.5 Å². The molecular weight excluding hydrogens is 226 g/mol. The van der Waals surface area contributed by atoms with Crippen molar-refractivity contribution in [1.29, 1.82) is 0 Å². The molecule has 3 nitrogen and oxygen atoms in total. The average Bonchev–Trinajstić information content (AvgIpc) is 2.64. The molecule has 1 unspecified atom stereocenters. The van der Waals surface area contributed by atoms with E-state index >= 15 is 0 Å². The molecule has 1 atom stereocenters. The number of hydrogen-bond donors (Lipinski definition) is 3. The first-order valence-corrected chi connectivity index (χ1v) is 6.95. The molecule has 1 aromatic rings. The van der Waals surface area contributed by atoms with Crippen LogP contribution in [0, 0.1) is 0 Å². The molecule has 0 saturated heterocycles. The molecule has 0 heterocycles. The second-order valence-electron chi connectivity index (χ2n) is 5.19. The van der Waals surface area contributed by atoms with Crippen LogP contribution in [0.3, 0.4) is 0 Å². The van der Waals surface area contributed by atoms with Gasteiger partial charge in [-0.2, -0.15) is 0 Å². The molecular formula is C15H23NO2. The van der Waals surface area contributed by atoms with Crippen molar-refractivity contribution in [2.75, 3.05) is 6.61 Å². The van der Waals surface area contributed by atoms with Gasteiger partial charge in [0.15, 0.2) is 0 Å². The summed E-state index contributed by atoms with van der Waals surface area (Å²) in [5.41, 5.74) is 0.960. The van der Waals surface area contributed by atoms with Gasteiger partial charge in [-0.25, -0.2) is 0 Å². The summed E-state index contributed by atoms with van der Waals surface area (Å²) in [6, 6.07) is 7.58. The van der Waals surface area contributed by atoms with Gasteiger partial charge in [-0.3, -0.25) is 0 Å². The van der Waals surface area contributed by atoms with Gasteiger partial charge in [0.2, 0.25) is 0 Å². The van der Waals surface area contributed by atoms with Crippen molar-refractivity contribution in [3.63, 3.8) is 0 Å². The Labute approximate surface area is 109 Å². The molecule has 1 saturated carbocycles. The second kappa shape index (κ2) is 6.76. The van der Waals surface area contributed by atoms with Crippen molar-refractivity contribution >= 4 is 0 Å². The molecule has 2 rings (SSSR count). The molecule has 1 aromatic carbocycles. The molecule has 0 spiro atoms. The highest BCUT2D eigenvalue weighted by Gasteiger charge is 2.18. The molecule has 1 aliphatic carbocycles. The molecule has 0 amide bonds. The Kier molecular flexibility index (Phi) is 5.02. The van der Waals surface area contributed by atoms with Gasteiger partial charge in [0, 0.05) is 6.04 Å². The lowest BCUT2D eigenvalue weighted by Gasteiger charge is -2.24. The van der Waals surface area contributed by atoms with Crippen molar-refractivity contribution in [2.45, 2.75) is 50.6 Å². The normalized spacial score (nSPS) is 19.4. The van der Waals surface area contributed by atoms with Gasteiger partial charge in [0.25, 0.3) is 0 Å². The van der Waals surface area contributed by atoms with Gasteiger partial charge in [0.1, 0.15) is 5.75 Å². The van der Waals surface area contributed by atoms with E-state index in [1.807, 2.05) is 12.1 Å². The molecule has 100 valence electrons. The largest absolute Gasteiger partial charge is 0.508 e. The first-order valence-electron chi connectivity index (χ1n) is 6.95. The summed E-state index contributed by atoms with van der Waals surface area (Å²) in [5.74, 6) is 0.258. The second-order valence-corrected chi connectivity index (χ2v) is 5.19. The van der Waals surface area contributed by atoms with Gasteiger partial charge >= 0.3 is 0 Å². The van der Waals surface area contributed by atoms with Crippen LogP contribution in [0.2, 0.25) is 0 Å². The Balaban J connectivity index is 1.99. The number of nitrogens with one attached hydrogen (secondary N) is 1. The molecule has 18 heavy (non-hydrogen) atoms. The van der Waals surface area contributed by atoms with Crippen LogP contribution in [0.5, 0.6) is 5.75 Å². The third-order valence-corrected chi connectivity index (χ3v) is 3.75. The predicted octanol–water partition coefficient (Wildman–Crippen LogP) is 2.74. The zero-order valence-electron chi connectivity index (χ0n) is 10.8. The fraction of sp³-hybridized carbons (Fsp3) is 0.600. The number of phenolic OH excluding ortho intramolecular Hbond substituents is 1. The van der Waals surface area contributed by atoms with Crippen LogP contribution in [0.25, 0.3) is 0 Å². The minimum absolute atomic E-state index is 0.0693. The molecule has 0 aliphatic heterocycles. The maximum Gasteiger partial charge on any atom is 0.115 e. The summed E-state index contributed by atoms with van der Waals surface area (Å²) in [6.07, 6.45) is 7.58. The molecule has 1 aliphatic rings. The summed E-state index contributed by atoms with van der Waals surface area (Å²) >= 11 is 0. The van der Waals surface area contributed by atoms with Gasteiger partial charge in [-0.1, -0.05) is 37.8 Å². The number of rotatable bonds is 4. The van der Waals surface area contributed by atoms with E-state index in [-0.39, 0.29) is 18.4 Å². The minimum Gasteiger partial charge on any atom is -0.508 e. The monoisotopic (exact) mass is 249 g/mol. The zero-order chi connectivity index (χ0) is 12.8. The van der Waals surface area contributed by atoms with Crippen molar-refractivity contribution in [2.24, 2.45) is 0 Å². The Morgan fingerprint density at radius 3 is 2.50 bits per heavy atom. The van der Waals surface area contributed by atoms with Gasteiger partial charge in [-0.15, -0.1) is 0 Å². The standard InChI is InChI=1S/C15H23NO2/c17-11-15(12-6-5-9-14(18)10-12)16-13-7-3-1-2-4-8-13/h5-6,9-10,13,15-18H,1-4,7-8,11H2. The summed E-state index contributed by atoms with van der Waals surface area (Å²) in [5, 5.41) is 22.6. The minimum atomic E-state index is -0.0693. The summed E-state index contributed by atoms with van der Waals surface area (Å²) in [6.45, 7) is 0.0694. The third kappa shape index (κ3) is 3.72. The summed E-state index contributed by atoms with van der Waals surface area (Å²) in [7, 11) is 0. The van der Waals surface area contributed by atoms with Gasteiger partial charge in [0.05, 0.1) is 12.6 Å². The highest BCUT2D eigenvalue weighted by atomic mass is 16.3. The summed E-state index contributed by atoms with van der Waals surface area (Å²) < 4.78 is 0. The molecule has 0 radical (unpaired) electrons. The van der Waals surface area contributed by atoms with E-state index in [4.69, 9.17) is 0 Å². The first-order chi connectivity index (χ1) is 8.79. The molecule has 0 aromatic heterocycles. The SMILES string of the molecule is OCC(NC1CCCCCC1)c1cccc(O)c1. The van der Waals surface area contributed by atoms with E-state index in [9.17, 15) is 10.2 Å². The Morgan fingerprint density at radius 2 is 1.89 bits per heavy atom. The smallest absolute Gasteiger partial charge is 0.115 e. The Morgan fingerprint density at radius 1 is 1.17 bits per heavy atom. The average molecular weight is 249 g/mol. The number of benzene rings is 1. The molecule has 3 N–H and O–H groups in total. The van der Waals surface area contributed by atoms with Gasteiger partial charge < -0.3 is 15.5 Å². The van der Waals surface area contributed by atoms with E-state index in [0.717, 1.165) is 5.56 Å². The van der Waals surface area contributed by atoms with E-state index in [1.165, 1.54) is 38.5 Å². The van der Waals surface area contributed by atoms with E-state index in [0.29, 0.717) is 6.04 Å². The number of aliphatic hydroxyl groups is 1. The van der Waals surface area contributed by atoms with Crippen LogP contribution in [0.4, 0.5) is 0 Å². The lowest BCUT2D eigenvalue weighted by molar-refractivity contribution is 0.228. The van der Waals surface area contributed by atoms with Crippen LogP contribution >= 0.6 is 0 Å². The van der Waals surface area contributed by atoms with Crippen LogP contribution in [-0.4, -0.2) is 22.9 Å². The lowest BCUT2D eigenvalue weighted by Crippen LogP contribution is -2.34. The Hall–Kier alpha value is -1.06. The van der Waals surface area contributed by atoms with Crippen molar-refractivity contribution in [3.8, 4) is 5.75 Å². The van der Waals surface area contributed by atoms with Crippen molar-refractivity contribution < 1.29 is 10.2 Å². The summed E-state index contributed by atoms with van der Waals surface area (Å²) in [4.78, 5) is 0. The van der Waals surface area contributed by atoms with E-state index < -0.39 is 0 Å². The van der Waals surface area contributed by atoms with Crippen molar-refractivity contribution in [1.82, 2.24) is 5.32 Å². The highest BCUT2D eigenvalue weighted by molar-refractivity contribution is 5.29. The van der Waals surface area contributed by atoms with Gasteiger partial charge in [-0.05, 0) is 30.5 Å². The van der Waals surface area contributed by atoms with E-state index in [1.54, 1.807) is 12.1 Å². The maximum atomic E-state index is 9.53. The van der Waals surface area contributed by atoms with Crippen LogP contribution < -0.4 is 5.32 Å². The maximum absolute atomic E-state index is 9.53.